The van der Waals surface area contributed by atoms with Crippen molar-refractivity contribution in [1.82, 2.24) is 10.3 Å². The van der Waals surface area contributed by atoms with Crippen molar-refractivity contribution in [3.63, 3.8) is 0 Å². The highest BCUT2D eigenvalue weighted by Gasteiger charge is 2.09. The summed E-state index contributed by atoms with van der Waals surface area (Å²) in [6.45, 7) is 2.83. The van der Waals surface area contributed by atoms with Crippen molar-refractivity contribution in [1.29, 1.82) is 0 Å². The SMILES string of the molecule is CCCCOC(=O)c1ccc(NC(=O)NCCc2coc(-c3ccc(OC)cc3)n2)cc1. The number of esters is 1. The fourth-order valence-corrected chi connectivity index (χ4v) is 2.85. The molecular weight excluding hydrogens is 410 g/mol. The summed E-state index contributed by atoms with van der Waals surface area (Å²) in [5.74, 6) is 0.911. The molecule has 0 aliphatic rings. The molecule has 1 heterocycles. The van der Waals surface area contributed by atoms with Crippen LogP contribution < -0.4 is 15.4 Å². The monoisotopic (exact) mass is 437 g/mol. The highest BCUT2D eigenvalue weighted by atomic mass is 16.5. The molecule has 0 saturated heterocycles. The average molecular weight is 437 g/mol. The summed E-state index contributed by atoms with van der Waals surface area (Å²) in [4.78, 5) is 28.5. The van der Waals surface area contributed by atoms with E-state index < -0.39 is 0 Å². The molecule has 3 aromatic rings. The summed E-state index contributed by atoms with van der Waals surface area (Å²) in [7, 11) is 1.61. The predicted octanol–water partition coefficient (Wildman–Crippen LogP) is 4.67. The number of nitrogens with zero attached hydrogens (tertiary/aromatic N) is 1. The topological polar surface area (TPSA) is 103 Å². The molecule has 0 radical (unpaired) electrons. The van der Waals surface area contributed by atoms with E-state index in [-0.39, 0.29) is 12.0 Å². The van der Waals surface area contributed by atoms with Gasteiger partial charge in [0, 0.05) is 24.2 Å². The summed E-state index contributed by atoms with van der Waals surface area (Å²) in [6, 6.07) is 13.7. The van der Waals surface area contributed by atoms with Crippen LogP contribution in [0.25, 0.3) is 11.5 Å². The lowest BCUT2D eigenvalue weighted by atomic mass is 10.2. The van der Waals surface area contributed by atoms with Gasteiger partial charge in [0.2, 0.25) is 5.89 Å². The second kappa shape index (κ2) is 11.5. The van der Waals surface area contributed by atoms with Gasteiger partial charge in [0.05, 0.1) is 25.0 Å². The number of aromatic nitrogens is 1. The van der Waals surface area contributed by atoms with Crippen LogP contribution in [0.15, 0.2) is 59.2 Å². The molecule has 0 bridgehead atoms. The molecule has 1 aromatic heterocycles. The predicted molar refractivity (Wildman–Crippen MR) is 121 cm³/mol. The van der Waals surface area contributed by atoms with Gasteiger partial charge in [-0.05, 0) is 55.0 Å². The number of carbonyl (C=O) groups excluding carboxylic acids is 2. The maximum absolute atomic E-state index is 12.1. The van der Waals surface area contributed by atoms with E-state index in [9.17, 15) is 9.59 Å². The fraction of sp³-hybridized carbons (Fsp3) is 0.292. The van der Waals surface area contributed by atoms with Crippen LogP contribution in [0.4, 0.5) is 10.5 Å². The third-order valence-corrected chi connectivity index (χ3v) is 4.66. The number of nitrogens with one attached hydrogen (secondary N) is 2. The lowest BCUT2D eigenvalue weighted by Crippen LogP contribution is -2.30. The second-order valence-electron chi connectivity index (χ2n) is 7.07. The Morgan fingerprint density at radius 2 is 1.81 bits per heavy atom. The molecule has 3 rings (SSSR count). The molecule has 8 heteroatoms. The van der Waals surface area contributed by atoms with Crippen LogP contribution >= 0.6 is 0 Å². The maximum atomic E-state index is 12.1. The average Bonchev–Trinajstić information content (AvgIpc) is 3.28. The van der Waals surface area contributed by atoms with E-state index in [0.29, 0.717) is 36.7 Å². The Morgan fingerprint density at radius 3 is 2.50 bits per heavy atom. The zero-order valence-corrected chi connectivity index (χ0v) is 18.2. The van der Waals surface area contributed by atoms with Crippen LogP contribution in [0, 0.1) is 0 Å². The van der Waals surface area contributed by atoms with Gasteiger partial charge in [-0.25, -0.2) is 14.6 Å². The third kappa shape index (κ3) is 6.60. The van der Waals surface area contributed by atoms with Crippen molar-refractivity contribution in [2.45, 2.75) is 26.2 Å². The Kier molecular flexibility index (Phi) is 8.25. The van der Waals surface area contributed by atoms with E-state index >= 15 is 0 Å². The molecule has 0 atom stereocenters. The number of anilines is 1. The van der Waals surface area contributed by atoms with E-state index in [1.54, 1.807) is 37.6 Å². The molecule has 0 spiro atoms. The number of rotatable bonds is 10. The number of ether oxygens (including phenoxy) is 2. The number of amides is 2. The minimum Gasteiger partial charge on any atom is -0.497 e. The van der Waals surface area contributed by atoms with E-state index in [0.717, 1.165) is 29.8 Å². The Morgan fingerprint density at radius 1 is 1.06 bits per heavy atom. The number of hydrogen-bond acceptors (Lipinski definition) is 6. The number of hydrogen-bond donors (Lipinski definition) is 2. The van der Waals surface area contributed by atoms with Crippen molar-refractivity contribution >= 4 is 17.7 Å². The van der Waals surface area contributed by atoms with Crippen LogP contribution in [0.2, 0.25) is 0 Å². The van der Waals surface area contributed by atoms with Gasteiger partial charge < -0.3 is 24.5 Å². The molecule has 2 N–H and O–H groups in total. The van der Waals surface area contributed by atoms with Crippen molar-refractivity contribution in [3.05, 3.63) is 66.1 Å². The van der Waals surface area contributed by atoms with Gasteiger partial charge in [0.15, 0.2) is 0 Å². The van der Waals surface area contributed by atoms with E-state index in [1.807, 2.05) is 31.2 Å². The molecule has 0 aliphatic carbocycles. The van der Waals surface area contributed by atoms with Crippen LogP contribution in [0.1, 0.15) is 35.8 Å². The van der Waals surface area contributed by atoms with Gasteiger partial charge in [-0.3, -0.25) is 0 Å². The standard InChI is InChI=1S/C24H27N3O5/c1-3-4-15-31-23(28)18-5-9-19(10-6-18)27-24(29)25-14-13-20-16-32-22(26-20)17-7-11-21(30-2)12-8-17/h5-12,16H,3-4,13-15H2,1-2H3,(H2,25,27,29). The van der Waals surface area contributed by atoms with Crippen molar-refractivity contribution in [2.75, 3.05) is 25.6 Å². The summed E-state index contributed by atoms with van der Waals surface area (Å²) in [5, 5.41) is 5.51. The summed E-state index contributed by atoms with van der Waals surface area (Å²) in [5.41, 5.74) is 2.61. The first kappa shape index (κ1) is 22.9. The third-order valence-electron chi connectivity index (χ3n) is 4.66. The molecular formula is C24H27N3O5. The summed E-state index contributed by atoms with van der Waals surface area (Å²) < 4.78 is 15.8. The maximum Gasteiger partial charge on any atom is 0.338 e. The van der Waals surface area contributed by atoms with Crippen molar-refractivity contribution in [2.24, 2.45) is 0 Å². The van der Waals surface area contributed by atoms with Gasteiger partial charge in [-0.1, -0.05) is 13.3 Å². The lowest BCUT2D eigenvalue weighted by molar-refractivity contribution is 0.0499. The zero-order valence-electron chi connectivity index (χ0n) is 18.2. The second-order valence-corrected chi connectivity index (χ2v) is 7.07. The minimum atomic E-state index is -0.365. The molecule has 0 saturated carbocycles. The van der Waals surface area contributed by atoms with Gasteiger partial charge in [0.1, 0.15) is 12.0 Å². The highest BCUT2D eigenvalue weighted by Crippen LogP contribution is 2.21. The van der Waals surface area contributed by atoms with Crippen LogP contribution in [0.3, 0.4) is 0 Å². The fourth-order valence-electron chi connectivity index (χ4n) is 2.85. The molecule has 8 nitrogen and oxygen atoms in total. The van der Waals surface area contributed by atoms with E-state index in [4.69, 9.17) is 13.9 Å². The van der Waals surface area contributed by atoms with Crippen molar-refractivity contribution < 1.29 is 23.5 Å². The van der Waals surface area contributed by atoms with Crippen molar-refractivity contribution in [3.8, 4) is 17.2 Å². The number of unbranched alkanes of at least 4 members (excludes halogenated alkanes) is 1. The molecule has 0 unspecified atom stereocenters. The summed E-state index contributed by atoms with van der Waals surface area (Å²) >= 11 is 0. The Balaban J connectivity index is 1.42. The first-order valence-electron chi connectivity index (χ1n) is 10.5. The van der Waals surface area contributed by atoms with Gasteiger partial charge >= 0.3 is 12.0 Å². The zero-order chi connectivity index (χ0) is 22.8. The molecule has 2 amide bonds. The molecule has 32 heavy (non-hydrogen) atoms. The molecule has 168 valence electrons. The molecule has 0 aliphatic heterocycles. The van der Waals surface area contributed by atoms with Crippen LogP contribution in [-0.2, 0) is 11.2 Å². The van der Waals surface area contributed by atoms with Gasteiger partial charge in [-0.15, -0.1) is 0 Å². The van der Waals surface area contributed by atoms with Crippen LogP contribution in [-0.4, -0.2) is 37.2 Å². The number of benzene rings is 2. The summed E-state index contributed by atoms with van der Waals surface area (Å²) in [6.07, 6.45) is 3.90. The van der Waals surface area contributed by atoms with Crippen LogP contribution in [0.5, 0.6) is 5.75 Å². The number of urea groups is 1. The van der Waals surface area contributed by atoms with Gasteiger partial charge in [-0.2, -0.15) is 0 Å². The van der Waals surface area contributed by atoms with E-state index in [1.165, 1.54) is 0 Å². The molecule has 0 fully saturated rings. The quantitative estimate of drug-likeness (QED) is 0.353. The first-order chi connectivity index (χ1) is 15.6. The highest BCUT2D eigenvalue weighted by molar-refractivity contribution is 5.92. The number of carbonyl (C=O) groups is 2. The Hall–Kier alpha value is -3.81. The number of methoxy groups -OCH3 is 1. The number of oxazole rings is 1. The molecule has 2 aromatic carbocycles. The van der Waals surface area contributed by atoms with E-state index in [2.05, 4.69) is 15.6 Å². The van der Waals surface area contributed by atoms with Gasteiger partial charge in [0.25, 0.3) is 0 Å². The lowest BCUT2D eigenvalue weighted by Gasteiger charge is -2.08. The Labute approximate surface area is 186 Å². The largest absolute Gasteiger partial charge is 0.497 e. The normalized spacial score (nSPS) is 10.4. The Bertz CT molecular complexity index is 1010. The first-order valence-corrected chi connectivity index (χ1v) is 10.5. The smallest absolute Gasteiger partial charge is 0.338 e. The minimum absolute atomic E-state index is 0.345.